The Morgan fingerprint density at radius 1 is 1.38 bits per heavy atom. The van der Waals surface area contributed by atoms with Gasteiger partial charge < -0.3 is 21.3 Å². The second kappa shape index (κ2) is 7.44. The van der Waals surface area contributed by atoms with Crippen molar-refractivity contribution in [3.8, 4) is 0 Å². The number of halogens is 1. The van der Waals surface area contributed by atoms with Gasteiger partial charge in [-0.15, -0.1) is 0 Å². The predicted octanol–water partition coefficient (Wildman–Crippen LogP) is 0.895. The van der Waals surface area contributed by atoms with Crippen molar-refractivity contribution in [2.45, 2.75) is 13.1 Å². The van der Waals surface area contributed by atoms with E-state index in [1.54, 1.807) is 31.1 Å². The van der Waals surface area contributed by atoms with Crippen LogP contribution in [0, 0.1) is 5.82 Å². The minimum atomic E-state index is -0.530. The maximum atomic E-state index is 13.9. The summed E-state index contributed by atoms with van der Waals surface area (Å²) >= 11 is 0. The Hall–Kier alpha value is -3.10. The van der Waals surface area contributed by atoms with Gasteiger partial charge in [0.05, 0.1) is 17.6 Å². The number of carbonyl (C=O) groups is 2. The number of rotatable bonds is 6. The number of carbonyl (C=O) groups excluding carboxylic acids is 2. The molecule has 1 aromatic heterocycles. The average Bonchev–Trinajstić information content (AvgIpc) is 2.91. The number of urea groups is 1. The number of hydrogen-bond donors (Lipinski definition) is 3. The minimum Gasteiger partial charge on any atom is -0.375 e. The number of primary amides is 1. The molecular formula is C15H19FN6O2. The Morgan fingerprint density at radius 2 is 2.12 bits per heavy atom. The summed E-state index contributed by atoms with van der Waals surface area (Å²) < 4.78 is 15.2. The van der Waals surface area contributed by atoms with E-state index in [9.17, 15) is 14.0 Å². The fourth-order valence-electron chi connectivity index (χ4n) is 2.05. The zero-order chi connectivity index (χ0) is 17.7. The smallest absolute Gasteiger partial charge is 0.319 e. The van der Waals surface area contributed by atoms with Crippen LogP contribution in [-0.2, 0) is 17.9 Å². The summed E-state index contributed by atoms with van der Waals surface area (Å²) in [5.41, 5.74) is 6.59. The van der Waals surface area contributed by atoms with E-state index in [1.165, 1.54) is 23.1 Å². The molecule has 0 aliphatic carbocycles. The lowest BCUT2D eigenvalue weighted by Crippen LogP contribution is -2.28. The van der Waals surface area contributed by atoms with Crippen LogP contribution in [-0.4, -0.2) is 35.8 Å². The molecule has 0 radical (unpaired) electrons. The van der Waals surface area contributed by atoms with Crippen molar-refractivity contribution in [1.82, 2.24) is 15.1 Å². The maximum Gasteiger partial charge on any atom is 0.319 e. The molecule has 3 amide bonds. The monoisotopic (exact) mass is 334 g/mol. The third kappa shape index (κ3) is 4.70. The quantitative estimate of drug-likeness (QED) is 0.730. The highest BCUT2D eigenvalue weighted by Gasteiger charge is 2.08. The van der Waals surface area contributed by atoms with E-state index >= 15 is 0 Å². The molecule has 0 bridgehead atoms. The highest BCUT2D eigenvalue weighted by atomic mass is 19.1. The zero-order valence-electron chi connectivity index (χ0n) is 13.4. The van der Waals surface area contributed by atoms with E-state index in [4.69, 9.17) is 5.73 Å². The van der Waals surface area contributed by atoms with Crippen LogP contribution in [0.25, 0.3) is 0 Å². The van der Waals surface area contributed by atoms with Crippen molar-refractivity contribution in [2.75, 3.05) is 24.3 Å². The number of aromatic nitrogens is 2. The van der Waals surface area contributed by atoms with Gasteiger partial charge in [-0.05, 0) is 17.7 Å². The third-order valence-electron chi connectivity index (χ3n) is 3.16. The predicted molar refractivity (Wildman–Crippen MR) is 88.0 cm³/mol. The van der Waals surface area contributed by atoms with Gasteiger partial charge in [-0.25, -0.2) is 9.18 Å². The first-order valence-corrected chi connectivity index (χ1v) is 7.16. The fraction of sp³-hybridized carbons (Fsp3) is 0.267. The van der Waals surface area contributed by atoms with Gasteiger partial charge in [0.25, 0.3) is 0 Å². The first kappa shape index (κ1) is 17.3. The molecule has 0 spiro atoms. The molecule has 24 heavy (non-hydrogen) atoms. The Morgan fingerprint density at radius 3 is 2.75 bits per heavy atom. The number of benzene rings is 1. The first-order valence-electron chi connectivity index (χ1n) is 7.16. The number of nitrogens with two attached hydrogens (primary N) is 1. The van der Waals surface area contributed by atoms with Gasteiger partial charge >= 0.3 is 6.03 Å². The van der Waals surface area contributed by atoms with Crippen molar-refractivity contribution < 1.29 is 14.0 Å². The molecule has 0 unspecified atom stereocenters. The number of anilines is 2. The van der Waals surface area contributed by atoms with Crippen molar-refractivity contribution >= 4 is 23.3 Å². The van der Waals surface area contributed by atoms with Gasteiger partial charge in [-0.2, -0.15) is 5.10 Å². The molecule has 0 saturated heterocycles. The molecule has 0 aliphatic rings. The topological polar surface area (TPSA) is 105 Å². The summed E-state index contributed by atoms with van der Waals surface area (Å²) in [5.74, 6) is -0.885. The van der Waals surface area contributed by atoms with Gasteiger partial charge in [0.2, 0.25) is 5.91 Å². The standard InChI is InChI=1S/C15H19FN6O2/c1-21(2)13-4-3-10(5-12(13)16)6-18-15(24)20-11-7-19-22(8-11)9-14(17)23/h3-5,7-8H,6,9H2,1-2H3,(H2,17,23)(H2,18,20,24). The van der Waals surface area contributed by atoms with Gasteiger partial charge in [0, 0.05) is 26.8 Å². The molecular weight excluding hydrogens is 315 g/mol. The van der Waals surface area contributed by atoms with Crippen molar-refractivity contribution in [1.29, 1.82) is 0 Å². The van der Waals surface area contributed by atoms with Crippen LogP contribution in [0.5, 0.6) is 0 Å². The molecule has 0 saturated carbocycles. The van der Waals surface area contributed by atoms with E-state index in [0.717, 1.165) is 0 Å². The molecule has 128 valence electrons. The molecule has 1 heterocycles. The van der Waals surface area contributed by atoms with E-state index in [-0.39, 0.29) is 18.9 Å². The Labute approximate surface area is 138 Å². The minimum absolute atomic E-state index is 0.0687. The summed E-state index contributed by atoms with van der Waals surface area (Å²) in [7, 11) is 3.50. The summed E-state index contributed by atoms with van der Waals surface area (Å²) in [6.07, 6.45) is 2.88. The molecule has 2 rings (SSSR count). The molecule has 4 N–H and O–H groups in total. The lowest BCUT2D eigenvalue weighted by atomic mass is 10.2. The number of hydrogen-bond acceptors (Lipinski definition) is 4. The SMILES string of the molecule is CN(C)c1ccc(CNC(=O)Nc2cnn(CC(N)=O)c2)cc1F. The summed E-state index contributed by atoms with van der Waals surface area (Å²) in [4.78, 5) is 24.3. The van der Waals surface area contributed by atoms with E-state index in [2.05, 4.69) is 15.7 Å². The van der Waals surface area contributed by atoms with Crippen LogP contribution in [0.4, 0.5) is 20.6 Å². The molecule has 2 aromatic rings. The van der Waals surface area contributed by atoms with E-state index < -0.39 is 11.9 Å². The number of nitrogens with zero attached hydrogens (tertiary/aromatic N) is 3. The van der Waals surface area contributed by atoms with Crippen molar-refractivity contribution in [2.24, 2.45) is 5.73 Å². The molecule has 1 aromatic carbocycles. The summed E-state index contributed by atoms with van der Waals surface area (Å²) in [6, 6.07) is 4.30. The van der Waals surface area contributed by atoms with Crippen LogP contribution in [0.1, 0.15) is 5.56 Å². The molecule has 8 nitrogen and oxygen atoms in total. The summed E-state index contributed by atoms with van der Waals surface area (Å²) in [5, 5.41) is 9.06. The third-order valence-corrected chi connectivity index (χ3v) is 3.16. The zero-order valence-corrected chi connectivity index (χ0v) is 13.4. The van der Waals surface area contributed by atoms with Crippen LogP contribution in [0.3, 0.4) is 0 Å². The first-order chi connectivity index (χ1) is 11.3. The maximum absolute atomic E-state index is 13.9. The normalized spacial score (nSPS) is 10.3. The second-order valence-electron chi connectivity index (χ2n) is 5.38. The number of amides is 3. The molecule has 0 fully saturated rings. The lowest BCUT2D eigenvalue weighted by molar-refractivity contribution is -0.118. The largest absolute Gasteiger partial charge is 0.375 e. The second-order valence-corrected chi connectivity index (χ2v) is 5.38. The van der Waals surface area contributed by atoms with Gasteiger partial charge in [-0.3, -0.25) is 9.48 Å². The Kier molecular flexibility index (Phi) is 5.35. The van der Waals surface area contributed by atoms with Gasteiger partial charge in [-0.1, -0.05) is 6.07 Å². The Bertz CT molecular complexity index is 743. The number of nitrogens with one attached hydrogen (secondary N) is 2. The Balaban J connectivity index is 1.88. The van der Waals surface area contributed by atoms with Crippen LogP contribution in [0.15, 0.2) is 30.6 Å². The summed E-state index contributed by atoms with van der Waals surface area (Å²) in [6.45, 7) is 0.104. The van der Waals surface area contributed by atoms with Crippen molar-refractivity contribution in [3.05, 3.63) is 42.0 Å². The highest BCUT2D eigenvalue weighted by Crippen LogP contribution is 2.18. The van der Waals surface area contributed by atoms with Crippen LogP contribution in [0.2, 0.25) is 0 Å². The van der Waals surface area contributed by atoms with Gasteiger partial charge in [0.15, 0.2) is 0 Å². The molecule has 0 atom stereocenters. The van der Waals surface area contributed by atoms with E-state index in [0.29, 0.717) is 16.9 Å². The highest BCUT2D eigenvalue weighted by molar-refractivity contribution is 5.88. The lowest BCUT2D eigenvalue weighted by Gasteiger charge is -2.14. The average molecular weight is 334 g/mol. The molecule has 9 heteroatoms. The van der Waals surface area contributed by atoms with Crippen LogP contribution < -0.4 is 21.3 Å². The van der Waals surface area contributed by atoms with E-state index in [1.807, 2.05) is 0 Å². The molecule has 0 aliphatic heterocycles. The fourth-order valence-corrected chi connectivity index (χ4v) is 2.05. The van der Waals surface area contributed by atoms with Crippen molar-refractivity contribution in [3.63, 3.8) is 0 Å². The van der Waals surface area contributed by atoms with Gasteiger partial charge in [0.1, 0.15) is 12.4 Å². The van der Waals surface area contributed by atoms with Crippen LogP contribution >= 0.6 is 0 Å².